The Morgan fingerprint density at radius 2 is 1.25 bits per heavy atom. The molecule has 0 saturated heterocycles. The minimum absolute atomic E-state index is 0.218. The second-order valence-corrected chi connectivity index (χ2v) is 7.84. The van der Waals surface area contributed by atoms with E-state index in [1.54, 1.807) is 0 Å². The van der Waals surface area contributed by atoms with Crippen LogP contribution >= 0.6 is 7.92 Å². The van der Waals surface area contributed by atoms with Crippen LogP contribution in [0.25, 0.3) is 0 Å². The molecule has 0 spiro atoms. The molecule has 0 aromatic heterocycles. The van der Waals surface area contributed by atoms with Gasteiger partial charge < -0.3 is 5.11 Å². The van der Waals surface area contributed by atoms with Gasteiger partial charge >= 0.3 is 0 Å². The van der Waals surface area contributed by atoms with Gasteiger partial charge in [-0.05, 0) is 24.3 Å². The van der Waals surface area contributed by atoms with Crippen molar-refractivity contribution < 1.29 is 5.11 Å². The number of hydrogen-bond acceptors (Lipinski definition) is 1. The van der Waals surface area contributed by atoms with E-state index in [1.165, 1.54) is 10.6 Å². The molecule has 2 aromatic carbocycles. The third-order valence-corrected chi connectivity index (χ3v) is 5.30. The molecule has 0 amide bonds. The molecule has 0 aliphatic rings. The minimum Gasteiger partial charge on any atom is -0.512 e. The normalized spacial score (nSPS) is 12.7. The van der Waals surface area contributed by atoms with E-state index in [2.05, 4.69) is 48.5 Å². The van der Waals surface area contributed by atoms with Crippen LogP contribution in [0.3, 0.4) is 0 Å². The van der Waals surface area contributed by atoms with E-state index in [0.717, 1.165) is 0 Å². The molecule has 0 aliphatic carbocycles. The lowest BCUT2D eigenvalue weighted by atomic mass is 9.95. The highest BCUT2D eigenvalue weighted by Crippen LogP contribution is 2.39. The number of aliphatic hydroxyl groups is 1. The van der Waals surface area contributed by atoms with Crippen LogP contribution in [-0.2, 0) is 0 Å². The summed E-state index contributed by atoms with van der Waals surface area (Å²) in [5.41, 5.74) is -0.218. The molecule has 2 aromatic rings. The zero-order valence-corrected chi connectivity index (χ0v) is 13.1. The van der Waals surface area contributed by atoms with Gasteiger partial charge in [0.2, 0.25) is 0 Å². The molecule has 0 radical (unpaired) electrons. The zero-order valence-electron chi connectivity index (χ0n) is 12.2. The number of hydrogen-bond donors (Lipinski definition) is 1. The van der Waals surface area contributed by atoms with Gasteiger partial charge in [-0.15, -0.1) is 0 Å². The lowest BCUT2D eigenvalue weighted by Crippen LogP contribution is -2.13. The van der Waals surface area contributed by atoms with Gasteiger partial charge in [0.1, 0.15) is 0 Å². The van der Waals surface area contributed by atoms with Gasteiger partial charge in [-0.25, -0.2) is 0 Å². The summed E-state index contributed by atoms with van der Waals surface area (Å²) in [6.45, 7) is 6.09. The maximum Gasteiger partial charge on any atom is 0.0986 e. The predicted octanol–water partition coefficient (Wildman–Crippen LogP) is 4.56. The van der Waals surface area contributed by atoms with Crippen molar-refractivity contribution in [1.82, 2.24) is 0 Å². The first kappa shape index (κ1) is 14.8. The van der Waals surface area contributed by atoms with Gasteiger partial charge in [0.25, 0.3) is 0 Å². The third-order valence-electron chi connectivity index (χ3n) is 3.09. The quantitative estimate of drug-likeness (QED) is 0.647. The van der Waals surface area contributed by atoms with Crippen LogP contribution in [0.15, 0.2) is 72.2 Å². The number of rotatable bonds is 3. The molecule has 0 atom stereocenters. The molecule has 0 aliphatic heterocycles. The van der Waals surface area contributed by atoms with Gasteiger partial charge in [-0.1, -0.05) is 81.4 Å². The molecule has 0 unspecified atom stereocenters. The highest BCUT2D eigenvalue weighted by molar-refractivity contribution is 7.75. The molecule has 2 rings (SSSR count). The fourth-order valence-electron chi connectivity index (χ4n) is 1.79. The number of benzene rings is 2. The first-order chi connectivity index (χ1) is 9.48. The van der Waals surface area contributed by atoms with E-state index >= 15 is 0 Å². The van der Waals surface area contributed by atoms with Crippen molar-refractivity contribution in [1.29, 1.82) is 0 Å². The lowest BCUT2D eigenvalue weighted by Gasteiger charge is -2.21. The Hall–Kier alpha value is -1.59. The van der Waals surface area contributed by atoms with E-state index in [-0.39, 0.29) is 5.41 Å². The monoisotopic (exact) mass is 284 g/mol. The van der Waals surface area contributed by atoms with Crippen molar-refractivity contribution in [3.05, 3.63) is 72.2 Å². The van der Waals surface area contributed by atoms with E-state index in [4.69, 9.17) is 0 Å². The van der Waals surface area contributed by atoms with E-state index < -0.39 is 7.92 Å². The van der Waals surface area contributed by atoms with Crippen molar-refractivity contribution in [2.24, 2.45) is 5.41 Å². The van der Waals surface area contributed by atoms with Crippen molar-refractivity contribution in [3.63, 3.8) is 0 Å². The maximum absolute atomic E-state index is 10.4. The molecule has 1 N–H and O–H groups in total. The van der Waals surface area contributed by atoms with Crippen LogP contribution in [0, 0.1) is 5.41 Å². The SMILES string of the molecule is CC(C)(C)/C(O)=C/P(c1ccccc1)c1ccccc1. The summed E-state index contributed by atoms with van der Waals surface area (Å²) >= 11 is 0. The van der Waals surface area contributed by atoms with Crippen LogP contribution in [0.1, 0.15) is 20.8 Å². The molecule has 20 heavy (non-hydrogen) atoms. The van der Waals surface area contributed by atoms with Gasteiger partial charge in [0.05, 0.1) is 5.76 Å². The van der Waals surface area contributed by atoms with Gasteiger partial charge in [-0.2, -0.15) is 0 Å². The zero-order chi connectivity index (χ0) is 14.6. The van der Waals surface area contributed by atoms with E-state index in [9.17, 15) is 5.11 Å². The smallest absolute Gasteiger partial charge is 0.0986 e. The van der Waals surface area contributed by atoms with Crippen LogP contribution in [-0.4, -0.2) is 5.11 Å². The summed E-state index contributed by atoms with van der Waals surface area (Å²) in [5.74, 6) is 2.48. The van der Waals surface area contributed by atoms with Crippen LogP contribution in [0.2, 0.25) is 0 Å². The van der Waals surface area contributed by atoms with Crippen LogP contribution in [0.4, 0.5) is 0 Å². The molecular weight excluding hydrogens is 263 g/mol. The summed E-state index contributed by atoms with van der Waals surface area (Å²) in [6, 6.07) is 20.8. The molecule has 0 saturated carbocycles. The maximum atomic E-state index is 10.4. The fraction of sp³-hybridized carbons (Fsp3) is 0.222. The first-order valence-electron chi connectivity index (χ1n) is 6.79. The Bertz CT molecular complexity index is 528. The molecule has 1 nitrogen and oxygen atoms in total. The molecular formula is C18H21OP. The average Bonchev–Trinajstić information content (AvgIpc) is 2.45. The Labute approximate surface area is 122 Å². The van der Waals surface area contributed by atoms with E-state index in [0.29, 0.717) is 5.76 Å². The summed E-state index contributed by atoms with van der Waals surface area (Å²) in [6.07, 6.45) is 0. The number of aliphatic hydroxyl groups excluding tert-OH is 1. The van der Waals surface area contributed by atoms with Crippen molar-refractivity contribution in [2.75, 3.05) is 0 Å². The predicted molar refractivity (Wildman–Crippen MR) is 89.2 cm³/mol. The average molecular weight is 284 g/mol. The summed E-state index contributed by atoms with van der Waals surface area (Å²) in [7, 11) is -0.667. The van der Waals surface area contributed by atoms with Crippen molar-refractivity contribution in [3.8, 4) is 0 Å². The van der Waals surface area contributed by atoms with Crippen molar-refractivity contribution >= 4 is 18.5 Å². The van der Waals surface area contributed by atoms with Gasteiger partial charge in [-0.3, -0.25) is 0 Å². The van der Waals surface area contributed by atoms with Gasteiger partial charge in [0.15, 0.2) is 0 Å². The summed E-state index contributed by atoms with van der Waals surface area (Å²) < 4.78 is 0. The summed E-state index contributed by atoms with van der Waals surface area (Å²) in [4.78, 5) is 0. The molecule has 0 fully saturated rings. The highest BCUT2D eigenvalue weighted by Gasteiger charge is 2.19. The second kappa shape index (κ2) is 6.24. The lowest BCUT2D eigenvalue weighted by molar-refractivity contribution is 0.279. The third kappa shape index (κ3) is 3.71. The van der Waals surface area contributed by atoms with Crippen LogP contribution in [0.5, 0.6) is 0 Å². The highest BCUT2D eigenvalue weighted by atomic mass is 31.1. The van der Waals surface area contributed by atoms with Gasteiger partial charge in [0, 0.05) is 5.41 Å². The Morgan fingerprint density at radius 1 is 0.850 bits per heavy atom. The summed E-state index contributed by atoms with van der Waals surface area (Å²) in [5, 5.41) is 12.9. The molecule has 104 valence electrons. The van der Waals surface area contributed by atoms with Crippen LogP contribution < -0.4 is 10.6 Å². The standard InChI is InChI=1S/C18H21OP/c1-18(2,3)17(19)14-20(15-10-6-4-7-11-15)16-12-8-5-9-13-16/h4-14,19H,1-3H3/b17-14-. The number of allylic oxidation sites excluding steroid dienone is 1. The molecule has 0 bridgehead atoms. The Morgan fingerprint density at radius 3 is 1.60 bits per heavy atom. The van der Waals surface area contributed by atoms with E-state index in [1.807, 2.05) is 38.7 Å². The largest absolute Gasteiger partial charge is 0.512 e. The Kier molecular flexibility index (Phi) is 4.62. The molecule has 0 heterocycles. The van der Waals surface area contributed by atoms with Crippen molar-refractivity contribution in [2.45, 2.75) is 20.8 Å². The molecule has 2 heteroatoms. The Balaban J connectivity index is 2.46. The first-order valence-corrected chi connectivity index (χ1v) is 8.20. The minimum atomic E-state index is -0.667. The topological polar surface area (TPSA) is 20.2 Å². The second-order valence-electron chi connectivity index (χ2n) is 5.81. The fourth-order valence-corrected chi connectivity index (χ4v) is 4.01.